The molecule has 11 nitrogen and oxygen atoms in total. The lowest BCUT2D eigenvalue weighted by molar-refractivity contribution is -0.395. The molecule has 0 aliphatic rings. The quantitative estimate of drug-likeness (QED) is 0.613. The van der Waals surface area contributed by atoms with Crippen LogP contribution in [0.3, 0.4) is 0 Å². The van der Waals surface area contributed by atoms with Crippen molar-refractivity contribution in [1.29, 1.82) is 0 Å². The Kier molecular flexibility index (Phi) is 3.62. The minimum Gasteiger partial charge on any atom is -0.271 e. The van der Waals surface area contributed by atoms with Crippen LogP contribution in [0.25, 0.3) is 5.69 Å². The Labute approximate surface area is 120 Å². The molecule has 1 aromatic carbocycles. The number of nitrogens with zero attached hydrogens (tertiary/aromatic N) is 4. The highest BCUT2D eigenvalue weighted by molar-refractivity contribution is 5.46. The van der Waals surface area contributed by atoms with E-state index in [1.807, 2.05) is 0 Å². The first kappa shape index (κ1) is 14.8. The first-order valence-corrected chi connectivity index (χ1v) is 5.61. The van der Waals surface area contributed by atoms with Gasteiger partial charge in [-0.1, -0.05) is 0 Å². The van der Waals surface area contributed by atoms with Crippen molar-refractivity contribution in [2.24, 2.45) is 0 Å². The van der Waals surface area contributed by atoms with Gasteiger partial charge in [-0.15, -0.1) is 0 Å². The number of hydrogen-bond acceptors (Lipinski definition) is 7. The van der Waals surface area contributed by atoms with E-state index in [-0.39, 0.29) is 11.4 Å². The molecule has 1 heterocycles. The van der Waals surface area contributed by atoms with E-state index in [9.17, 15) is 35.1 Å². The summed E-state index contributed by atoms with van der Waals surface area (Å²) >= 11 is 0. The van der Waals surface area contributed by atoms with E-state index in [1.165, 1.54) is 0 Å². The second kappa shape index (κ2) is 5.40. The number of hydrogen-bond donors (Lipinski definition) is 0. The van der Waals surface area contributed by atoms with Crippen molar-refractivity contribution < 1.29 is 14.8 Å². The SMILES string of the molecule is O=c1c([N+](=O)[O-])cc([N+](=O)[O-])cn1-c1ccc([N+](=O)[O-])cc1. The van der Waals surface area contributed by atoms with Crippen LogP contribution in [0.15, 0.2) is 41.3 Å². The zero-order valence-corrected chi connectivity index (χ0v) is 10.6. The van der Waals surface area contributed by atoms with Crippen LogP contribution < -0.4 is 5.56 Å². The lowest BCUT2D eigenvalue weighted by atomic mass is 10.2. The maximum Gasteiger partial charge on any atom is 0.341 e. The Morgan fingerprint density at radius 2 is 1.36 bits per heavy atom. The van der Waals surface area contributed by atoms with Crippen LogP contribution in [0.1, 0.15) is 0 Å². The molecular weight excluding hydrogens is 300 g/mol. The van der Waals surface area contributed by atoms with Crippen molar-refractivity contribution in [2.45, 2.75) is 0 Å². The second-order valence-electron chi connectivity index (χ2n) is 4.05. The van der Waals surface area contributed by atoms with E-state index >= 15 is 0 Å². The molecular formula is C11H6N4O7. The topological polar surface area (TPSA) is 151 Å². The molecule has 0 saturated heterocycles. The monoisotopic (exact) mass is 306 g/mol. The van der Waals surface area contributed by atoms with E-state index in [0.29, 0.717) is 10.6 Å². The third kappa shape index (κ3) is 2.63. The van der Waals surface area contributed by atoms with Gasteiger partial charge >= 0.3 is 11.2 Å². The molecule has 0 amide bonds. The molecule has 22 heavy (non-hydrogen) atoms. The number of non-ortho nitro benzene ring substituents is 1. The predicted molar refractivity (Wildman–Crippen MR) is 72.0 cm³/mol. The number of nitro groups is 3. The van der Waals surface area contributed by atoms with Crippen LogP contribution >= 0.6 is 0 Å². The summed E-state index contributed by atoms with van der Waals surface area (Å²) < 4.78 is 0.694. The zero-order chi connectivity index (χ0) is 16.4. The summed E-state index contributed by atoms with van der Waals surface area (Å²) in [5.74, 6) is 0. The summed E-state index contributed by atoms with van der Waals surface area (Å²) in [6.45, 7) is 0. The largest absolute Gasteiger partial charge is 0.341 e. The number of benzene rings is 1. The molecule has 0 radical (unpaired) electrons. The van der Waals surface area contributed by atoms with Crippen molar-refractivity contribution in [3.63, 3.8) is 0 Å². The summed E-state index contributed by atoms with van der Waals surface area (Å²) in [5, 5.41) is 32.2. The van der Waals surface area contributed by atoms with Gasteiger partial charge in [-0.3, -0.25) is 39.7 Å². The van der Waals surface area contributed by atoms with Crippen molar-refractivity contribution in [2.75, 3.05) is 0 Å². The van der Waals surface area contributed by atoms with E-state index in [4.69, 9.17) is 0 Å². The van der Waals surface area contributed by atoms with Crippen LogP contribution in [0.2, 0.25) is 0 Å². The van der Waals surface area contributed by atoms with E-state index in [1.54, 1.807) is 0 Å². The summed E-state index contributed by atoms with van der Waals surface area (Å²) in [5.41, 5.74) is -2.92. The standard InChI is InChI=1S/C11H6N4O7/c16-11-10(15(21)22)5-9(14(19)20)6-12(11)7-1-3-8(4-2-7)13(17)18/h1-6H. The molecule has 0 fully saturated rings. The fraction of sp³-hybridized carbons (Fsp3) is 0. The molecule has 112 valence electrons. The van der Waals surface area contributed by atoms with Crippen LogP contribution in [-0.2, 0) is 0 Å². The Hall–Kier alpha value is -3.63. The number of nitro benzene ring substituents is 1. The highest BCUT2D eigenvalue weighted by atomic mass is 16.6. The molecule has 0 aliphatic heterocycles. The van der Waals surface area contributed by atoms with Crippen LogP contribution in [-0.4, -0.2) is 19.3 Å². The Morgan fingerprint density at radius 1 is 0.818 bits per heavy atom. The smallest absolute Gasteiger partial charge is 0.271 e. The molecule has 0 saturated carbocycles. The van der Waals surface area contributed by atoms with E-state index in [0.717, 1.165) is 30.5 Å². The number of aromatic nitrogens is 1. The van der Waals surface area contributed by atoms with Gasteiger partial charge < -0.3 is 0 Å². The Balaban J connectivity index is 2.68. The molecule has 2 rings (SSSR count). The van der Waals surface area contributed by atoms with Gasteiger partial charge in [0.15, 0.2) is 0 Å². The van der Waals surface area contributed by atoms with Gasteiger partial charge in [0.05, 0.1) is 21.0 Å². The fourth-order valence-electron chi connectivity index (χ4n) is 1.71. The van der Waals surface area contributed by atoms with Crippen LogP contribution in [0, 0.1) is 30.3 Å². The highest BCUT2D eigenvalue weighted by Crippen LogP contribution is 2.19. The molecule has 0 atom stereocenters. The van der Waals surface area contributed by atoms with Gasteiger partial charge in [-0.25, -0.2) is 0 Å². The number of rotatable bonds is 4. The molecule has 0 aliphatic carbocycles. The predicted octanol–water partition coefficient (Wildman–Crippen LogP) is 1.56. The molecule has 11 heteroatoms. The van der Waals surface area contributed by atoms with Gasteiger partial charge in [0.1, 0.15) is 6.07 Å². The Morgan fingerprint density at radius 3 is 1.82 bits per heavy atom. The molecule has 0 N–H and O–H groups in total. The molecule has 0 spiro atoms. The zero-order valence-electron chi connectivity index (χ0n) is 10.6. The normalized spacial score (nSPS) is 10.2. The molecule has 0 bridgehead atoms. The van der Waals surface area contributed by atoms with Crippen LogP contribution in [0.4, 0.5) is 17.1 Å². The second-order valence-corrected chi connectivity index (χ2v) is 4.05. The lowest BCUT2D eigenvalue weighted by Gasteiger charge is -2.05. The van der Waals surface area contributed by atoms with Gasteiger partial charge in [0, 0.05) is 17.8 Å². The summed E-state index contributed by atoms with van der Waals surface area (Å²) in [7, 11) is 0. The average Bonchev–Trinajstić information content (AvgIpc) is 2.47. The van der Waals surface area contributed by atoms with Gasteiger partial charge in [-0.05, 0) is 12.1 Å². The summed E-state index contributed by atoms with van der Waals surface area (Å²) in [4.78, 5) is 41.6. The molecule has 2 aromatic rings. The fourth-order valence-corrected chi connectivity index (χ4v) is 1.71. The summed E-state index contributed by atoms with van der Waals surface area (Å²) in [6, 6.07) is 5.03. The Bertz CT molecular complexity index is 841. The van der Waals surface area contributed by atoms with Crippen molar-refractivity contribution in [1.82, 2.24) is 4.57 Å². The van der Waals surface area contributed by atoms with E-state index in [2.05, 4.69) is 0 Å². The third-order valence-electron chi connectivity index (χ3n) is 2.73. The van der Waals surface area contributed by atoms with E-state index < -0.39 is 31.7 Å². The minimum atomic E-state index is -1.08. The lowest BCUT2D eigenvalue weighted by Crippen LogP contribution is -2.21. The minimum absolute atomic E-state index is 0.0300. The first-order chi connectivity index (χ1) is 10.3. The molecule has 0 unspecified atom stereocenters. The summed E-state index contributed by atoms with van der Waals surface area (Å²) in [6.07, 6.45) is 0.816. The van der Waals surface area contributed by atoms with Gasteiger partial charge in [0.2, 0.25) is 0 Å². The van der Waals surface area contributed by atoms with Gasteiger partial charge in [-0.2, -0.15) is 0 Å². The maximum atomic E-state index is 12.0. The average molecular weight is 306 g/mol. The van der Waals surface area contributed by atoms with Crippen molar-refractivity contribution in [3.8, 4) is 5.69 Å². The highest BCUT2D eigenvalue weighted by Gasteiger charge is 2.22. The van der Waals surface area contributed by atoms with Crippen molar-refractivity contribution >= 4 is 17.1 Å². The number of pyridine rings is 1. The first-order valence-electron chi connectivity index (χ1n) is 5.61. The van der Waals surface area contributed by atoms with Gasteiger partial charge in [0.25, 0.3) is 11.4 Å². The van der Waals surface area contributed by atoms with Crippen molar-refractivity contribution in [3.05, 3.63) is 77.2 Å². The maximum absolute atomic E-state index is 12.0. The van der Waals surface area contributed by atoms with Crippen LogP contribution in [0.5, 0.6) is 0 Å². The third-order valence-corrected chi connectivity index (χ3v) is 2.73. The molecule has 1 aromatic heterocycles.